The van der Waals surface area contributed by atoms with E-state index in [4.69, 9.17) is 0 Å². The standard InChI is InChI=1S/C9H18N/c1-3-8-6-4-5-7-9(8)10-2/h9-10H,3-7H2,1-2H3. The van der Waals surface area contributed by atoms with E-state index in [9.17, 15) is 0 Å². The van der Waals surface area contributed by atoms with Crippen molar-refractivity contribution in [1.82, 2.24) is 5.32 Å². The van der Waals surface area contributed by atoms with Crippen molar-refractivity contribution < 1.29 is 0 Å². The summed E-state index contributed by atoms with van der Waals surface area (Å²) in [6.45, 7) is 2.27. The summed E-state index contributed by atoms with van der Waals surface area (Å²) >= 11 is 0. The van der Waals surface area contributed by atoms with Gasteiger partial charge in [-0.3, -0.25) is 0 Å². The van der Waals surface area contributed by atoms with Gasteiger partial charge in [-0.1, -0.05) is 19.8 Å². The van der Waals surface area contributed by atoms with E-state index in [1.54, 1.807) is 5.92 Å². The second kappa shape index (κ2) is 3.97. The van der Waals surface area contributed by atoms with Gasteiger partial charge in [0.2, 0.25) is 0 Å². The summed E-state index contributed by atoms with van der Waals surface area (Å²) in [6.07, 6.45) is 6.82. The Morgan fingerprint density at radius 2 is 2.30 bits per heavy atom. The van der Waals surface area contributed by atoms with Crippen LogP contribution in [0.1, 0.15) is 39.0 Å². The van der Waals surface area contributed by atoms with Crippen LogP contribution in [-0.2, 0) is 0 Å². The zero-order chi connectivity index (χ0) is 7.40. The first-order valence-electron chi connectivity index (χ1n) is 4.40. The molecule has 0 bridgehead atoms. The highest BCUT2D eigenvalue weighted by molar-refractivity contribution is 5.02. The number of nitrogens with one attached hydrogen (secondary N) is 1. The van der Waals surface area contributed by atoms with Gasteiger partial charge < -0.3 is 5.32 Å². The highest BCUT2D eigenvalue weighted by Crippen LogP contribution is 2.28. The number of hydrogen-bond donors (Lipinski definition) is 1. The molecule has 0 heterocycles. The molecule has 1 heteroatoms. The summed E-state index contributed by atoms with van der Waals surface area (Å²) in [4.78, 5) is 0. The molecule has 10 heavy (non-hydrogen) atoms. The minimum atomic E-state index is 0.735. The molecule has 1 rings (SSSR count). The molecular weight excluding hydrogens is 122 g/mol. The molecule has 1 saturated carbocycles. The maximum Gasteiger partial charge on any atom is 0.0126 e. The summed E-state index contributed by atoms with van der Waals surface area (Å²) in [5.74, 6) is 1.73. The average Bonchev–Trinajstić information content (AvgIpc) is 2.04. The fraction of sp³-hybridized carbons (Fsp3) is 0.889. The molecule has 1 unspecified atom stereocenters. The van der Waals surface area contributed by atoms with Crippen molar-refractivity contribution in [3.63, 3.8) is 0 Å². The molecule has 0 spiro atoms. The molecule has 1 fully saturated rings. The Morgan fingerprint density at radius 1 is 1.50 bits per heavy atom. The molecule has 59 valence electrons. The zero-order valence-corrected chi connectivity index (χ0v) is 7.11. The van der Waals surface area contributed by atoms with Crippen LogP contribution in [0.25, 0.3) is 0 Å². The van der Waals surface area contributed by atoms with E-state index in [1.807, 2.05) is 0 Å². The lowest BCUT2D eigenvalue weighted by molar-refractivity contribution is 0.411. The van der Waals surface area contributed by atoms with Crippen LogP contribution in [0.3, 0.4) is 0 Å². The Morgan fingerprint density at radius 3 is 2.80 bits per heavy atom. The van der Waals surface area contributed by atoms with Gasteiger partial charge >= 0.3 is 0 Å². The predicted molar refractivity (Wildman–Crippen MR) is 44.8 cm³/mol. The lowest BCUT2D eigenvalue weighted by Crippen LogP contribution is -2.34. The maximum atomic E-state index is 3.37. The van der Waals surface area contributed by atoms with E-state index in [0.29, 0.717) is 0 Å². The molecule has 1 aliphatic carbocycles. The van der Waals surface area contributed by atoms with Crippen LogP contribution in [0.2, 0.25) is 0 Å². The smallest absolute Gasteiger partial charge is 0.0126 e. The predicted octanol–water partition coefficient (Wildman–Crippen LogP) is 2.13. The maximum absolute atomic E-state index is 3.37. The Kier molecular flexibility index (Phi) is 3.20. The summed E-state index contributed by atoms with van der Waals surface area (Å²) < 4.78 is 0. The lowest BCUT2D eigenvalue weighted by Gasteiger charge is -2.29. The van der Waals surface area contributed by atoms with Crippen molar-refractivity contribution in [2.24, 2.45) is 0 Å². The summed E-state index contributed by atoms with van der Waals surface area (Å²) in [5, 5.41) is 3.37. The Hall–Kier alpha value is -0.0400. The molecule has 0 aromatic heterocycles. The first kappa shape index (κ1) is 8.06. The summed E-state index contributed by atoms with van der Waals surface area (Å²) in [5.41, 5.74) is 0. The van der Waals surface area contributed by atoms with Crippen molar-refractivity contribution in [3.05, 3.63) is 5.92 Å². The third-order valence-electron chi connectivity index (χ3n) is 2.54. The Labute approximate surface area is 64.2 Å². The minimum absolute atomic E-state index is 0.735. The van der Waals surface area contributed by atoms with E-state index in [2.05, 4.69) is 19.3 Å². The van der Waals surface area contributed by atoms with Crippen LogP contribution < -0.4 is 5.32 Å². The minimum Gasteiger partial charge on any atom is -0.316 e. The van der Waals surface area contributed by atoms with Crippen molar-refractivity contribution >= 4 is 0 Å². The van der Waals surface area contributed by atoms with Crippen molar-refractivity contribution in [2.75, 3.05) is 7.05 Å². The van der Waals surface area contributed by atoms with Crippen LogP contribution in [0, 0.1) is 5.92 Å². The van der Waals surface area contributed by atoms with Crippen molar-refractivity contribution in [1.29, 1.82) is 0 Å². The molecule has 1 aliphatic rings. The molecule has 1 N–H and O–H groups in total. The summed E-state index contributed by atoms with van der Waals surface area (Å²) in [6, 6.07) is 0.735. The molecule has 0 aromatic carbocycles. The Balaban J connectivity index is 2.34. The molecule has 0 amide bonds. The second-order valence-corrected chi connectivity index (χ2v) is 3.10. The van der Waals surface area contributed by atoms with Gasteiger partial charge in [0, 0.05) is 6.04 Å². The Bertz CT molecular complexity index is 78.7. The second-order valence-electron chi connectivity index (χ2n) is 3.10. The lowest BCUT2D eigenvalue weighted by atomic mass is 9.83. The fourth-order valence-corrected chi connectivity index (χ4v) is 1.85. The van der Waals surface area contributed by atoms with E-state index in [0.717, 1.165) is 6.04 Å². The van der Waals surface area contributed by atoms with E-state index >= 15 is 0 Å². The van der Waals surface area contributed by atoms with Crippen LogP contribution in [0.15, 0.2) is 0 Å². The van der Waals surface area contributed by atoms with Crippen LogP contribution >= 0.6 is 0 Å². The van der Waals surface area contributed by atoms with Gasteiger partial charge in [-0.15, -0.1) is 0 Å². The largest absolute Gasteiger partial charge is 0.316 e. The molecule has 0 saturated heterocycles. The van der Waals surface area contributed by atoms with Gasteiger partial charge in [0.05, 0.1) is 0 Å². The topological polar surface area (TPSA) is 12.0 Å². The number of hydrogen-bond acceptors (Lipinski definition) is 1. The van der Waals surface area contributed by atoms with Crippen molar-refractivity contribution in [3.8, 4) is 0 Å². The average molecular weight is 140 g/mol. The summed E-state index contributed by atoms with van der Waals surface area (Å²) in [7, 11) is 2.08. The monoisotopic (exact) mass is 140 g/mol. The normalized spacial score (nSPS) is 28.8. The van der Waals surface area contributed by atoms with Crippen LogP contribution in [-0.4, -0.2) is 13.1 Å². The third kappa shape index (κ3) is 1.72. The van der Waals surface area contributed by atoms with Gasteiger partial charge in [-0.2, -0.15) is 0 Å². The molecule has 0 aromatic rings. The van der Waals surface area contributed by atoms with Gasteiger partial charge in [-0.05, 0) is 32.2 Å². The van der Waals surface area contributed by atoms with Crippen LogP contribution in [0.5, 0.6) is 0 Å². The first-order valence-corrected chi connectivity index (χ1v) is 4.40. The van der Waals surface area contributed by atoms with Gasteiger partial charge in [0.1, 0.15) is 0 Å². The fourth-order valence-electron chi connectivity index (χ4n) is 1.85. The van der Waals surface area contributed by atoms with Gasteiger partial charge in [0.15, 0.2) is 0 Å². The molecule has 1 radical (unpaired) electrons. The molecule has 0 aliphatic heterocycles. The van der Waals surface area contributed by atoms with E-state index < -0.39 is 0 Å². The number of rotatable bonds is 2. The highest BCUT2D eigenvalue weighted by atomic mass is 14.9. The molecule has 1 nitrogen and oxygen atoms in total. The molecule has 1 atom stereocenters. The van der Waals surface area contributed by atoms with Gasteiger partial charge in [-0.25, -0.2) is 0 Å². The van der Waals surface area contributed by atoms with E-state index in [-0.39, 0.29) is 0 Å². The van der Waals surface area contributed by atoms with Crippen molar-refractivity contribution in [2.45, 2.75) is 45.1 Å². The highest BCUT2D eigenvalue weighted by Gasteiger charge is 2.21. The van der Waals surface area contributed by atoms with E-state index in [1.165, 1.54) is 32.1 Å². The van der Waals surface area contributed by atoms with Gasteiger partial charge in [0.25, 0.3) is 0 Å². The van der Waals surface area contributed by atoms with Crippen LogP contribution in [0.4, 0.5) is 0 Å². The first-order chi connectivity index (χ1) is 4.88. The SMILES string of the molecule is CC[C]1CCCCC1NC. The molecular formula is C9H18N. The quantitative estimate of drug-likeness (QED) is 0.619. The zero-order valence-electron chi connectivity index (χ0n) is 7.11. The third-order valence-corrected chi connectivity index (χ3v) is 2.54.